The lowest BCUT2D eigenvalue weighted by molar-refractivity contribution is 0.569. The van der Waals surface area contributed by atoms with E-state index in [1.54, 1.807) is 18.2 Å². The predicted molar refractivity (Wildman–Crippen MR) is 76.1 cm³/mol. The zero-order valence-corrected chi connectivity index (χ0v) is 12.2. The van der Waals surface area contributed by atoms with Crippen molar-refractivity contribution >= 4 is 27.5 Å². The van der Waals surface area contributed by atoms with Gasteiger partial charge in [0.15, 0.2) is 0 Å². The standard InChI is InChI=1S/C14H11BrClF2N/c15-11-1-3-13(17)9(5-11)7-19-8-10-6-12(16)2-4-14(10)18/h1-6,19H,7-8H2. The van der Waals surface area contributed by atoms with E-state index in [0.717, 1.165) is 4.47 Å². The topological polar surface area (TPSA) is 12.0 Å². The van der Waals surface area contributed by atoms with Gasteiger partial charge in [-0.15, -0.1) is 0 Å². The predicted octanol–water partition coefficient (Wildman–Crippen LogP) is 4.67. The smallest absolute Gasteiger partial charge is 0.127 e. The highest BCUT2D eigenvalue weighted by molar-refractivity contribution is 9.10. The molecule has 0 saturated carbocycles. The van der Waals surface area contributed by atoms with Crippen LogP contribution in [0.2, 0.25) is 5.02 Å². The van der Waals surface area contributed by atoms with E-state index in [-0.39, 0.29) is 11.6 Å². The van der Waals surface area contributed by atoms with Crippen LogP contribution in [0.3, 0.4) is 0 Å². The average molecular weight is 347 g/mol. The molecule has 0 atom stereocenters. The van der Waals surface area contributed by atoms with E-state index in [1.807, 2.05) is 0 Å². The Bertz CT molecular complexity index is 538. The van der Waals surface area contributed by atoms with E-state index in [1.165, 1.54) is 18.2 Å². The number of benzene rings is 2. The average Bonchev–Trinajstić information content (AvgIpc) is 2.38. The van der Waals surface area contributed by atoms with Crippen LogP contribution in [0.15, 0.2) is 40.9 Å². The molecule has 0 heterocycles. The second kappa shape index (κ2) is 6.46. The molecule has 0 aromatic heterocycles. The van der Waals surface area contributed by atoms with E-state index in [9.17, 15) is 8.78 Å². The van der Waals surface area contributed by atoms with Gasteiger partial charge < -0.3 is 5.32 Å². The fourth-order valence-corrected chi connectivity index (χ4v) is 2.29. The molecule has 0 saturated heterocycles. The Morgan fingerprint density at radius 1 is 0.947 bits per heavy atom. The van der Waals surface area contributed by atoms with Gasteiger partial charge >= 0.3 is 0 Å². The van der Waals surface area contributed by atoms with E-state index in [2.05, 4.69) is 21.2 Å². The summed E-state index contributed by atoms with van der Waals surface area (Å²) in [5.41, 5.74) is 0.986. The molecule has 0 aliphatic rings. The van der Waals surface area contributed by atoms with E-state index >= 15 is 0 Å². The third-order valence-electron chi connectivity index (χ3n) is 2.65. The van der Waals surface area contributed by atoms with Crippen molar-refractivity contribution in [3.05, 3.63) is 68.7 Å². The summed E-state index contributed by atoms with van der Waals surface area (Å²) in [5.74, 6) is -0.617. The molecule has 0 fully saturated rings. The first-order valence-electron chi connectivity index (χ1n) is 5.65. The van der Waals surface area contributed by atoms with Crippen molar-refractivity contribution in [2.24, 2.45) is 0 Å². The van der Waals surface area contributed by atoms with E-state index in [4.69, 9.17) is 11.6 Å². The number of rotatable bonds is 4. The van der Waals surface area contributed by atoms with Crippen LogP contribution in [0, 0.1) is 11.6 Å². The van der Waals surface area contributed by atoms with Crippen LogP contribution < -0.4 is 5.32 Å². The van der Waals surface area contributed by atoms with Gasteiger partial charge in [-0.25, -0.2) is 8.78 Å². The normalized spacial score (nSPS) is 10.7. The molecule has 0 amide bonds. The van der Waals surface area contributed by atoms with Gasteiger partial charge in [-0.1, -0.05) is 27.5 Å². The molecule has 5 heteroatoms. The third kappa shape index (κ3) is 4.00. The molecule has 0 bridgehead atoms. The molecular weight excluding hydrogens is 336 g/mol. The second-order valence-electron chi connectivity index (χ2n) is 4.08. The molecule has 0 aliphatic carbocycles. The van der Waals surface area contributed by atoms with E-state index < -0.39 is 0 Å². The zero-order chi connectivity index (χ0) is 13.8. The Morgan fingerprint density at radius 3 is 2.21 bits per heavy atom. The summed E-state index contributed by atoms with van der Waals surface area (Å²) < 4.78 is 27.7. The summed E-state index contributed by atoms with van der Waals surface area (Å²) >= 11 is 9.08. The Balaban J connectivity index is 2.00. The van der Waals surface area contributed by atoms with Crippen molar-refractivity contribution < 1.29 is 8.78 Å². The highest BCUT2D eigenvalue weighted by Gasteiger charge is 2.05. The summed E-state index contributed by atoms with van der Waals surface area (Å²) in [4.78, 5) is 0. The van der Waals surface area contributed by atoms with Crippen LogP contribution in [-0.2, 0) is 13.1 Å². The van der Waals surface area contributed by atoms with Crippen LogP contribution in [0.25, 0.3) is 0 Å². The van der Waals surface area contributed by atoms with Gasteiger partial charge in [0.25, 0.3) is 0 Å². The lowest BCUT2D eigenvalue weighted by Gasteiger charge is -2.08. The largest absolute Gasteiger partial charge is 0.308 e. The maximum absolute atomic E-state index is 13.5. The van der Waals surface area contributed by atoms with Crippen molar-refractivity contribution in [3.8, 4) is 0 Å². The minimum Gasteiger partial charge on any atom is -0.308 e. The van der Waals surface area contributed by atoms with Gasteiger partial charge in [0.2, 0.25) is 0 Å². The summed E-state index contributed by atoms with van der Waals surface area (Å²) in [7, 11) is 0. The molecule has 0 spiro atoms. The van der Waals surface area contributed by atoms with Gasteiger partial charge in [-0.3, -0.25) is 0 Å². The molecule has 0 radical (unpaired) electrons. The van der Waals surface area contributed by atoms with Crippen molar-refractivity contribution in [1.29, 1.82) is 0 Å². The van der Waals surface area contributed by atoms with Crippen LogP contribution in [0.4, 0.5) is 8.78 Å². The molecule has 2 rings (SSSR count). The SMILES string of the molecule is Fc1ccc(Cl)cc1CNCc1cc(Br)ccc1F. The van der Waals surface area contributed by atoms with Gasteiger partial charge in [0.1, 0.15) is 11.6 Å². The van der Waals surface area contributed by atoms with Crippen molar-refractivity contribution in [1.82, 2.24) is 5.32 Å². The maximum Gasteiger partial charge on any atom is 0.127 e. The van der Waals surface area contributed by atoms with Crippen LogP contribution in [0.5, 0.6) is 0 Å². The first kappa shape index (κ1) is 14.4. The molecule has 2 aromatic rings. The highest BCUT2D eigenvalue weighted by atomic mass is 79.9. The molecule has 100 valence electrons. The van der Waals surface area contributed by atoms with Gasteiger partial charge in [-0.05, 0) is 36.4 Å². The number of halogens is 4. The molecule has 1 N–H and O–H groups in total. The molecular formula is C14H11BrClF2N. The molecule has 0 unspecified atom stereocenters. The second-order valence-corrected chi connectivity index (χ2v) is 5.43. The fraction of sp³-hybridized carbons (Fsp3) is 0.143. The van der Waals surface area contributed by atoms with Gasteiger partial charge in [-0.2, -0.15) is 0 Å². The monoisotopic (exact) mass is 345 g/mol. The Labute approximate surface area is 123 Å². The summed E-state index contributed by atoms with van der Waals surface area (Å²) in [6, 6.07) is 9.09. The lowest BCUT2D eigenvalue weighted by atomic mass is 10.2. The number of hydrogen-bond acceptors (Lipinski definition) is 1. The third-order valence-corrected chi connectivity index (χ3v) is 3.37. The maximum atomic E-state index is 13.5. The molecule has 2 aromatic carbocycles. The Kier molecular flexibility index (Phi) is 4.91. The number of hydrogen-bond donors (Lipinski definition) is 1. The summed E-state index contributed by atoms with van der Waals surface area (Å²) in [6.07, 6.45) is 0. The highest BCUT2D eigenvalue weighted by Crippen LogP contribution is 2.17. The van der Waals surface area contributed by atoms with Crippen molar-refractivity contribution in [3.63, 3.8) is 0 Å². The van der Waals surface area contributed by atoms with Gasteiger partial charge in [0.05, 0.1) is 0 Å². The van der Waals surface area contributed by atoms with Crippen molar-refractivity contribution in [2.75, 3.05) is 0 Å². The minimum atomic E-state index is -0.327. The Morgan fingerprint density at radius 2 is 1.53 bits per heavy atom. The van der Waals surface area contributed by atoms with E-state index in [0.29, 0.717) is 29.2 Å². The van der Waals surface area contributed by atoms with Gasteiger partial charge in [0, 0.05) is 33.7 Å². The lowest BCUT2D eigenvalue weighted by Crippen LogP contribution is -2.14. The van der Waals surface area contributed by atoms with Crippen LogP contribution >= 0.6 is 27.5 Å². The quantitative estimate of drug-likeness (QED) is 0.848. The molecule has 19 heavy (non-hydrogen) atoms. The van der Waals surface area contributed by atoms with Crippen LogP contribution in [0.1, 0.15) is 11.1 Å². The summed E-state index contributed by atoms with van der Waals surface area (Å²) in [6.45, 7) is 0.607. The zero-order valence-electron chi connectivity index (χ0n) is 9.89. The summed E-state index contributed by atoms with van der Waals surface area (Å²) in [5, 5.41) is 3.47. The van der Waals surface area contributed by atoms with Crippen molar-refractivity contribution in [2.45, 2.75) is 13.1 Å². The Hall–Kier alpha value is -0.970. The first-order valence-corrected chi connectivity index (χ1v) is 6.82. The number of nitrogens with one attached hydrogen (secondary N) is 1. The fourth-order valence-electron chi connectivity index (χ4n) is 1.69. The molecule has 0 aliphatic heterocycles. The minimum absolute atomic E-state index is 0.290. The van der Waals surface area contributed by atoms with Crippen LogP contribution in [-0.4, -0.2) is 0 Å². The molecule has 1 nitrogen and oxygen atoms in total. The first-order chi connectivity index (χ1) is 9.06.